The van der Waals surface area contributed by atoms with Crippen LogP contribution in [0.15, 0.2) is 83.9 Å². The van der Waals surface area contributed by atoms with Gasteiger partial charge in [-0.15, -0.1) is 0 Å². The lowest BCUT2D eigenvalue weighted by Gasteiger charge is -2.34. The van der Waals surface area contributed by atoms with Crippen molar-refractivity contribution in [2.75, 3.05) is 18.0 Å². The Bertz CT molecular complexity index is 1220. The SMILES string of the molecule is O=c1ccn(C2CCN(c3ccc(Cl)cc3)CC2)nc1-c1ccnn1-c1ccccc1. The Labute approximate surface area is 185 Å². The van der Waals surface area contributed by atoms with E-state index >= 15 is 0 Å². The lowest BCUT2D eigenvalue weighted by atomic mass is 10.0. The number of para-hydroxylation sites is 1. The van der Waals surface area contributed by atoms with Crippen LogP contribution in [0.1, 0.15) is 18.9 Å². The van der Waals surface area contributed by atoms with Crippen LogP contribution in [0.4, 0.5) is 5.69 Å². The molecule has 4 aromatic rings. The number of rotatable bonds is 4. The molecular formula is C24H22ClN5O. The van der Waals surface area contributed by atoms with Crippen LogP contribution in [0.25, 0.3) is 17.1 Å². The standard InChI is InChI=1S/C24H22ClN5O/c25-18-6-8-19(9-7-18)28-15-11-20(12-16-28)29-17-13-23(31)24(27-29)22-10-14-26-30(22)21-4-2-1-3-5-21/h1-10,13-14,17,20H,11-12,15-16H2. The monoisotopic (exact) mass is 431 g/mol. The van der Waals surface area contributed by atoms with E-state index in [9.17, 15) is 4.79 Å². The Balaban J connectivity index is 1.39. The van der Waals surface area contributed by atoms with E-state index in [0.29, 0.717) is 11.4 Å². The zero-order valence-electron chi connectivity index (χ0n) is 16.9. The van der Waals surface area contributed by atoms with E-state index in [1.165, 1.54) is 5.69 Å². The molecule has 0 radical (unpaired) electrons. The normalized spacial score (nSPS) is 14.7. The Morgan fingerprint density at radius 1 is 0.871 bits per heavy atom. The largest absolute Gasteiger partial charge is 0.371 e. The highest BCUT2D eigenvalue weighted by atomic mass is 35.5. The Hall–Kier alpha value is -3.38. The summed E-state index contributed by atoms with van der Waals surface area (Å²) < 4.78 is 3.70. The number of aromatic nitrogens is 4. The first-order valence-corrected chi connectivity index (χ1v) is 10.8. The lowest BCUT2D eigenvalue weighted by Crippen LogP contribution is -2.35. The van der Waals surface area contributed by atoms with E-state index in [-0.39, 0.29) is 11.5 Å². The number of halogens is 1. The first-order chi connectivity index (χ1) is 15.2. The van der Waals surface area contributed by atoms with Crippen molar-refractivity contribution in [3.63, 3.8) is 0 Å². The summed E-state index contributed by atoms with van der Waals surface area (Å²) in [6, 6.07) is 21.4. The van der Waals surface area contributed by atoms with Gasteiger partial charge in [0.1, 0.15) is 0 Å². The average molecular weight is 432 g/mol. The molecule has 0 bridgehead atoms. The first kappa shape index (κ1) is 19.6. The molecule has 0 amide bonds. The molecule has 0 spiro atoms. The Morgan fingerprint density at radius 3 is 2.35 bits per heavy atom. The summed E-state index contributed by atoms with van der Waals surface area (Å²) in [5.41, 5.74) is 3.10. The molecule has 0 unspecified atom stereocenters. The molecule has 5 rings (SSSR count). The average Bonchev–Trinajstić information content (AvgIpc) is 3.30. The predicted octanol–water partition coefficient (Wildman–Crippen LogP) is 4.59. The maximum absolute atomic E-state index is 12.7. The van der Waals surface area contributed by atoms with Gasteiger partial charge in [0.25, 0.3) is 0 Å². The molecule has 1 fully saturated rings. The van der Waals surface area contributed by atoms with Gasteiger partial charge < -0.3 is 4.90 Å². The highest BCUT2D eigenvalue weighted by Gasteiger charge is 2.22. The van der Waals surface area contributed by atoms with Crippen LogP contribution in [0, 0.1) is 0 Å². The van der Waals surface area contributed by atoms with E-state index in [1.807, 2.05) is 53.2 Å². The van der Waals surface area contributed by atoms with Gasteiger partial charge in [0.15, 0.2) is 5.69 Å². The number of anilines is 1. The molecule has 156 valence electrons. The van der Waals surface area contributed by atoms with Gasteiger partial charge in [0.2, 0.25) is 5.43 Å². The molecule has 3 heterocycles. The van der Waals surface area contributed by atoms with Crippen molar-refractivity contribution in [2.24, 2.45) is 0 Å². The number of benzene rings is 2. The van der Waals surface area contributed by atoms with Gasteiger partial charge in [-0.25, -0.2) is 4.68 Å². The molecule has 2 aromatic heterocycles. The minimum atomic E-state index is -0.104. The van der Waals surface area contributed by atoms with Crippen LogP contribution in [0.2, 0.25) is 5.02 Å². The van der Waals surface area contributed by atoms with Gasteiger partial charge in [-0.05, 0) is 55.3 Å². The molecule has 0 saturated carbocycles. The molecule has 0 aliphatic carbocycles. The van der Waals surface area contributed by atoms with Crippen molar-refractivity contribution >= 4 is 17.3 Å². The summed E-state index contributed by atoms with van der Waals surface area (Å²) in [5.74, 6) is 0. The zero-order valence-corrected chi connectivity index (χ0v) is 17.7. The third kappa shape index (κ3) is 3.99. The van der Waals surface area contributed by atoms with Crippen molar-refractivity contribution < 1.29 is 0 Å². The quantitative estimate of drug-likeness (QED) is 0.474. The number of hydrogen-bond donors (Lipinski definition) is 0. The van der Waals surface area contributed by atoms with Crippen LogP contribution in [-0.2, 0) is 0 Å². The molecule has 1 saturated heterocycles. The van der Waals surface area contributed by atoms with E-state index in [4.69, 9.17) is 16.7 Å². The fraction of sp³-hybridized carbons (Fsp3) is 0.208. The van der Waals surface area contributed by atoms with E-state index in [0.717, 1.165) is 36.6 Å². The summed E-state index contributed by atoms with van der Waals surface area (Å²) in [5, 5.41) is 9.90. The van der Waals surface area contributed by atoms with Crippen LogP contribution < -0.4 is 10.3 Å². The van der Waals surface area contributed by atoms with Gasteiger partial charge >= 0.3 is 0 Å². The summed E-state index contributed by atoms with van der Waals surface area (Å²) in [7, 11) is 0. The van der Waals surface area contributed by atoms with Crippen molar-refractivity contribution in [1.82, 2.24) is 19.6 Å². The van der Waals surface area contributed by atoms with Gasteiger partial charge in [-0.3, -0.25) is 9.48 Å². The molecule has 0 atom stereocenters. The summed E-state index contributed by atoms with van der Waals surface area (Å²) in [6.07, 6.45) is 5.41. The molecule has 2 aromatic carbocycles. The van der Waals surface area contributed by atoms with Crippen LogP contribution in [0.5, 0.6) is 0 Å². The van der Waals surface area contributed by atoms with Gasteiger partial charge in [0.05, 0.1) is 23.6 Å². The third-order valence-electron chi connectivity index (χ3n) is 5.74. The number of nitrogens with zero attached hydrogens (tertiary/aromatic N) is 5. The molecule has 7 heteroatoms. The first-order valence-electron chi connectivity index (χ1n) is 10.4. The maximum Gasteiger partial charge on any atom is 0.209 e. The summed E-state index contributed by atoms with van der Waals surface area (Å²) >= 11 is 6.01. The third-order valence-corrected chi connectivity index (χ3v) is 6.00. The van der Waals surface area contributed by atoms with Crippen LogP contribution in [0.3, 0.4) is 0 Å². The van der Waals surface area contributed by atoms with Crippen molar-refractivity contribution in [1.29, 1.82) is 0 Å². The van der Waals surface area contributed by atoms with Crippen LogP contribution >= 0.6 is 11.6 Å². The second-order valence-electron chi connectivity index (χ2n) is 7.67. The van der Waals surface area contributed by atoms with Gasteiger partial charge in [0, 0.05) is 36.1 Å². The number of hydrogen-bond acceptors (Lipinski definition) is 4. The molecular weight excluding hydrogens is 410 g/mol. The highest BCUT2D eigenvalue weighted by molar-refractivity contribution is 6.30. The zero-order chi connectivity index (χ0) is 21.2. The van der Waals surface area contributed by atoms with Crippen molar-refractivity contribution in [2.45, 2.75) is 18.9 Å². The maximum atomic E-state index is 12.7. The van der Waals surface area contributed by atoms with Crippen LogP contribution in [-0.4, -0.2) is 32.7 Å². The smallest absolute Gasteiger partial charge is 0.209 e. The minimum Gasteiger partial charge on any atom is -0.371 e. The number of piperidine rings is 1. The van der Waals surface area contributed by atoms with Crippen molar-refractivity contribution in [3.8, 4) is 17.1 Å². The van der Waals surface area contributed by atoms with Crippen molar-refractivity contribution in [3.05, 3.63) is 94.4 Å². The summed E-state index contributed by atoms with van der Waals surface area (Å²) in [4.78, 5) is 15.0. The second-order valence-corrected chi connectivity index (χ2v) is 8.10. The fourth-order valence-electron chi connectivity index (χ4n) is 4.10. The Morgan fingerprint density at radius 2 is 1.61 bits per heavy atom. The van der Waals surface area contributed by atoms with E-state index in [1.54, 1.807) is 23.1 Å². The topological polar surface area (TPSA) is 56.0 Å². The fourth-order valence-corrected chi connectivity index (χ4v) is 4.23. The highest BCUT2D eigenvalue weighted by Crippen LogP contribution is 2.27. The van der Waals surface area contributed by atoms with E-state index < -0.39 is 0 Å². The lowest BCUT2D eigenvalue weighted by molar-refractivity contribution is 0.362. The van der Waals surface area contributed by atoms with Gasteiger partial charge in [-0.1, -0.05) is 29.8 Å². The molecule has 1 aliphatic heterocycles. The second kappa shape index (κ2) is 8.40. The predicted molar refractivity (Wildman–Crippen MR) is 123 cm³/mol. The molecule has 0 N–H and O–H groups in total. The molecule has 31 heavy (non-hydrogen) atoms. The van der Waals surface area contributed by atoms with E-state index in [2.05, 4.69) is 22.1 Å². The molecule has 6 nitrogen and oxygen atoms in total. The molecule has 1 aliphatic rings. The minimum absolute atomic E-state index is 0.104. The Kier molecular flexibility index (Phi) is 5.30. The summed E-state index contributed by atoms with van der Waals surface area (Å²) in [6.45, 7) is 1.86. The van der Waals surface area contributed by atoms with Gasteiger partial charge in [-0.2, -0.15) is 10.2 Å².